The number of nitrogens with zero attached hydrogens (tertiary/aromatic N) is 1. The molecule has 0 aliphatic rings. The van der Waals surface area contributed by atoms with Gasteiger partial charge in [-0.3, -0.25) is 10.1 Å². The Hall–Kier alpha value is -3.59. The van der Waals surface area contributed by atoms with Gasteiger partial charge in [0.15, 0.2) is 5.13 Å². The molecular weight excluding hydrogens is 394 g/mol. The summed E-state index contributed by atoms with van der Waals surface area (Å²) in [5, 5.41) is 6.13. The van der Waals surface area contributed by atoms with Crippen LogP contribution < -0.4 is 20.1 Å². The number of ether oxygens (including phenoxy) is 3. The third-order valence-electron chi connectivity index (χ3n) is 3.95. The number of nitrogens with one attached hydrogen (secondary N) is 2. The monoisotopic (exact) mass is 413 g/mol. The van der Waals surface area contributed by atoms with Gasteiger partial charge < -0.3 is 19.5 Å². The number of hydrogen-bond acceptors (Lipinski definition) is 7. The fourth-order valence-corrected chi connectivity index (χ4v) is 3.50. The van der Waals surface area contributed by atoms with Gasteiger partial charge in [0.05, 0.1) is 21.3 Å². The van der Waals surface area contributed by atoms with Crippen molar-refractivity contribution < 1.29 is 23.8 Å². The highest BCUT2D eigenvalue weighted by Gasteiger charge is 2.22. The molecule has 8 nitrogen and oxygen atoms in total. The highest BCUT2D eigenvalue weighted by molar-refractivity contribution is 7.20. The fourth-order valence-electron chi connectivity index (χ4n) is 2.63. The van der Waals surface area contributed by atoms with Crippen LogP contribution in [0, 0.1) is 0 Å². The first-order valence-electron chi connectivity index (χ1n) is 8.51. The van der Waals surface area contributed by atoms with Crippen molar-refractivity contribution in [3.05, 3.63) is 54.1 Å². The fraction of sp³-hybridized carbons (Fsp3) is 0.150. The van der Waals surface area contributed by atoms with Crippen LogP contribution >= 0.6 is 11.3 Å². The zero-order valence-corrected chi connectivity index (χ0v) is 16.8. The molecule has 0 fully saturated rings. The normalized spacial score (nSPS) is 10.2. The Morgan fingerprint density at radius 1 is 0.897 bits per heavy atom. The second kappa shape index (κ2) is 9.07. The summed E-state index contributed by atoms with van der Waals surface area (Å²) in [6.45, 7) is 0. The number of aromatic nitrogens is 1. The second-order valence-electron chi connectivity index (χ2n) is 5.67. The Kier molecular flexibility index (Phi) is 6.30. The maximum absolute atomic E-state index is 13.0. The van der Waals surface area contributed by atoms with Gasteiger partial charge in [0, 0.05) is 5.56 Å². The number of carbonyl (C=O) groups excluding carboxylic acids is 2. The summed E-state index contributed by atoms with van der Waals surface area (Å²) in [5.74, 6) is 0.325. The van der Waals surface area contributed by atoms with Crippen LogP contribution in [0.25, 0.3) is 11.3 Å². The smallest absolute Gasteiger partial charge is 0.413 e. The first kappa shape index (κ1) is 20.2. The molecule has 0 spiro atoms. The number of thiazole rings is 1. The molecule has 0 aliphatic carbocycles. The van der Waals surface area contributed by atoms with E-state index in [4.69, 9.17) is 9.47 Å². The van der Waals surface area contributed by atoms with Gasteiger partial charge in [-0.2, -0.15) is 0 Å². The largest absolute Gasteiger partial charge is 0.496 e. The number of benzene rings is 2. The van der Waals surface area contributed by atoms with Gasteiger partial charge in [0.25, 0.3) is 5.91 Å². The Morgan fingerprint density at radius 2 is 1.55 bits per heavy atom. The summed E-state index contributed by atoms with van der Waals surface area (Å²) in [4.78, 5) is 29.0. The van der Waals surface area contributed by atoms with Crippen molar-refractivity contribution in [3.63, 3.8) is 0 Å². The Labute approximate surface area is 171 Å². The Bertz CT molecular complexity index is 998. The second-order valence-corrected chi connectivity index (χ2v) is 6.67. The summed E-state index contributed by atoms with van der Waals surface area (Å²) < 4.78 is 15.2. The third-order valence-corrected chi connectivity index (χ3v) is 4.84. The summed E-state index contributed by atoms with van der Waals surface area (Å²) in [7, 11) is 4.22. The third kappa shape index (κ3) is 4.46. The molecule has 1 heterocycles. The van der Waals surface area contributed by atoms with E-state index >= 15 is 0 Å². The van der Waals surface area contributed by atoms with Gasteiger partial charge in [0.1, 0.15) is 27.8 Å². The van der Waals surface area contributed by atoms with E-state index in [9.17, 15) is 9.59 Å². The van der Waals surface area contributed by atoms with Crippen LogP contribution in [0.3, 0.4) is 0 Å². The van der Waals surface area contributed by atoms with E-state index in [-0.39, 0.29) is 10.7 Å². The molecule has 0 bridgehead atoms. The van der Waals surface area contributed by atoms with Gasteiger partial charge in [0.2, 0.25) is 0 Å². The highest BCUT2D eigenvalue weighted by Crippen LogP contribution is 2.37. The van der Waals surface area contributed by atoms with E-state index in [2.05, 4.69) is 20.4 Å². The van der Waals surface area contributed by atoms with Crippen LogP contribution in [0.5, 0.6) is 11.5 Å². The van der Waals surface area contributed by atoms with Crippen LogP contribution in [0.4, 0.5) is 14.9 Å². The van der Waals surface area contributed by atoms with Gasteiger partial charge in [-0.1, -0.05) is 47.7 Å². The van der Waals surface area contributed by atoms with Crippen molar-refractivity contribution in [2.45, 2.75) is 0 Å². The molecule has 0 saturated heterocycles. The van der Waals surface area contributed by atoms with Gasteiger partial charge in [-0.05, 0) is 12.1 Å². The summed E-state index contributed by atoms with van der Waals surface area (Å²) >= 11 is 1.11. The number of carbonyl (C=O) groups is 2. The first-order chi connectivity index (χ1) is 14.1. The molecular formula is C20H19N3O5S. The molecule has 0 atom stereocenters. The Morgan fingerprint density at radius 3 is 2.14 bits per heavy atom. The van der Waals surface area contributed by atoms with Crippen LogP contribution in [0.1, 0.15) is 10.4 Å². The maximum Gasteiger partial charge on any atom is 0.413 e. The molecule has 0 unspecified atom stereocenters. The van der Waals surface area contributed by atoms with E-state index in [0.29, 0.717) is 22.2 Å². The van der Waals surface area contributed by atoms with E-state index in [1.807, 2.05) is 30.3 Å². The van der Waals surface area contributed by atoms with E-state index in [0.717, 1.165) is 16.9 Å². The Balaban J connectivity index is 2.00. The molecule has 0 aliphatic heterocycles. The minimum atomic E-state index is -0.650. The minimum absolute atomic E-state index is 0.257. The SMILES string of the molecule is COC(=O)Nc1nc(-c2ccccc2)c(NC(=O)c2c(OC)cccc2OC)s1. The van der Waals surface area contributed by atoms with Crippen LogP contribution in [0.2, 0.25) is 0 Å². The van der Waals surface area contributed by atoms with Crippen LogP contribution in [0.15, 0.2) is 48.5 Å². The molecule has 0 saturated carbocycles. The van der Waals surface area contributed by atoms with Crippen LogP contribution in [-0.4, -0.2) is 38.3 Å². The highest BCUT2D eigenvalue weighted by atomic mass is 32.1. The molecule has 3 aromatic rings. The maximum atomic E-state index is 13.0. The number of anilines is 2. The minimum Gasteiger partial charge on any atom is -0.496 e. The summed E-state index contributed by atoms with van der Waals surface area (Å²) in [6.07, 6.45) is -0.650. The summed E-state index contributed by atoms with van der Waals surface area (Å²) in [5.41, 5.74) is 1.56. The van der Waals surface area contributed by atoms with Crippen molar-refractivity contribution in [2.24, 2.45) is 0 Å². The molecule has 0 radical (unpaired) electrons. The quantitative estimate of drug-likeness (QED) is 0.627. The molecule has 9 heteroatoms. The molecule has 2 N–H and O–H groups in total. The van der Waals surface area contributed by atoms with E-state index < -0.39 is 12.0 Å². The molecule has 150 valence electrons. The molecule has 29 heavy (non-hydrogen) atoms. The molecule has 2 aromatic carbocycles. The molecule has 1 aromatic heterocycles. The molecule has 3 rings (SSSR count). The van der Waals surface area contributed by atoms with Gasteiger partial charge in [-0.15, -0.1) is 0 Å². The van der Waals surface area contributed by atoms with Crippen molar-refractivity contribution in [2.75, 3.05) is 32.0 Å². The standard InChI is InChI=1S/C20H19N3O5S/c1-26-13-10-7-11-14(27-2)15(13)17(24)22-18-16(12-8-5-4-6-9-12)21-19(29-18)23-20(25)28-3/h4-11H,1-3H3,(H,22,24)(H,21,23,25). The predicted octanol–water partition coefficient (Wildman–Crippen LogP) is 4.26. The molecule has 2 amide bonds. The van der Waals surface area contributed by atoms with Crippen molar-refractivity contribution in [1.82, 2.24) is 4.98 Å². The van der Waals surface area contributed by atoms with Crippen molar-refractivity contribution >= 4 is 33.5 Å². The predicted molar refractivity (Wildman–Crippen MR) is 111 cm³/mol. The number of rotatable bonds is 6. The van der Waals surface area contributed by atoms with Crippen molar-refractivity contribution in [1.29, 1.82) is 0 Å². The van der Waals surface area contributed by atoms with E-state index in [1.54, 1.807) is 18.2 Å². The van der Waals surface area contributed by atoms with E-state index in [1.165, 1.54) is 21.3 Å². The number of methoxy groups -OCH3 is 3. The summed E-state index contributed by atoms with van der Waals surface area (Å²) in [6, 6.07) is 14.4. The lowest BCUT2D eigenvalue weighted by Gasteiger charge is -2.12. The zero-order valence-electron chi connectivity index (χ0n) is 16.0. The number of hydrogen-bond donors (Lipinski definition) is 2. The average Bonchev–Trinajstić information content (AvgIpc) is 3.15. The van der Waals surface area contributed by atoms with Gasteiger partial charge >= 0.3 is 6.09 Å². The van der Waals surface area contributed by atoms with Gasteiger partial charge in [-0.25, -0.2) is 9.78 Å². The lowest BCUT2D eigenvalue weighted by Crippen LogP contribution is -2.14. The van der Waals surface area contributed by atoms with Crippen molar-refractivity contribution in [3.8, 4) is 22.8 Å². The lowest BCUT2D eigenvalue weighted by atomic mass is 10.1. The average molecular weight is 413 g/mol. The first-order valence-corrected chi connectivity index (χ1v) is 9.32. The topological polar surface area (TPSA) is 98.8 Å². The number of amides is 2. The lowest BCUT2D eigenvalue weighted by molar-refractivity contribution is 0.102. The zero-order chi connectivity index (χ0) is 20.8. The van der Waals surface area contributed by atoms with Crippen LogP contribution in [-0.2, 0) is 4.74 Å².